The van der Waals surface area contributed by atoms with Crippen LogP contribution in [-0.2, 0) is 0 Å². The number of hydrogen-bond donors (Lipinski definition) is 2. The first kappa shape index (κ1) is 10.9. The Morgan fingerprint density at radius 1 is 1.55 bits per heavy atom. The molecule has 0 aliphatic rings. The molecule has 0 radical (unpaired) electrons. The van der Waals surface area contributed by atoms with Crippen molar-refractivity contribution >= 4 is 23.7 Å². The fourth-order valence-electron chi connectivity index (χ4n) is 0.769. The summed E-state index contributed by atoms with van der Waals surface area (Å²) in [6.07, 6.45) is 0. The van der Waals surface area contributed by atoms with Crippen LogP contribution in [-0.4, -0.2) is 6.54 Å². The monoisotopic (exact) mass is 192 g/mol. The van der Waals surface area contributed by atoms with Gasteiger partial charge in [-0.15, -0.1) is 23.7 Å². The lowest BCUT2D eigenvalue weighted by atomic mass is 10.2. The third-order valence-corrected chi connectivity index (χ3v) is 2.51. The molecule has 0 amide bonds. The number of nitrogens with two attached hydrogens (primary N) is 2. The smallest absolute Gasteiger partial charge is 0.0514 e. The standard InChI is InChI=1S/C7H12N2S.ClH/c1-5-2-3-7(10-5)6(9)4-8;/h2-3,6H,4,8-9H2,1H3;1H/t6-;/m0./s1. The van der Waals surface area contributed by atoms with Gasteiger partial charge in [-0.2, -0.15) is 0 Å². The molecule has 64 valence electrons. The van der Waals surface area contributed by atoms with Crippen molar-refractivity contribution in [3.05, 3.63) is 21.9 Å². The quantitative estimate of drug-likeness (QED) is 0.745. The van der Waals surface area contributed by atoms with Crippen LogP contribution in [0.3, 0.4) is 0 Å². The summed E-state index contributed by atoms with van der Waals surface area (Å²) in [7, 11) is 0. The van der Waals surface area contributed by atoms with E-state index in [9.17, 15) is 0 Å². The Hall–Kier alpha value is -0.0900. The highest BCUT2D eigenvalue weighted by molar-refractivity contribution is 7.12. The molecule has 2 nitrogen and oxygen atoms in total. The molecule has 0 aromatic carbocycles. The van der Waals surface area contributed by atoms with E-state index in [1.807, 2.05) is 6.07 Å². The minimum absolute atomic E-state index is 0. The molecular formula is C7H13ClN2S. The molecule has 1 aromatic heterocycles. The van der Waals surface area contributed by atoms with Crippen LogP contribution in [0.5, 0.6) is 0 Å². The van der Waals surface area contributed by atoms with Crippen LogP contribution < -0.4 is 11.5 Å². The molecule has 0 bridgehead atoms. The third kappa shape index (κ3) is 2.79. The molecule has 4 heteroatoms. The topological polar surface area (TPSA) is 52.0 Å². The average Bonchev–Trinajstić information content (AvgIpc) is 2.34. The fourth-order valence-corrected chi connectivity index (χ4v) is 1.66. The maximum atomic E-state index is 5.69. The number of rotatable bonds is 2. The molecule has 1 atom stereocenters. The van der Waals surface area contributed by atoms with Gasteiger partial charge in [0, 0.05) is 16.3 Å². The van der Waals surface area contributed by atoms with Crippen molar-refractivity contribution < 1.29 is 0 Å². The van der Waals surface area contributed by atoms with Crippen molar-refractivity contribution in [1.29, 1.82) is 0 Å². The summed E-state index contributed by atoms with van der Waals surface area (Å²) >= 11 is 1.72. The molecule has 1 heterocycles. The predicted molar refractivity (Wildman–Crippen MR) is 52.3 cm³/mol. The lowest BCUT2D eigenvalue weighted by Crippen LogP contribution is -2.19. The summed E-state index contributed by atoms with van der Waals surface area (Å²) in [6.45, 7) is 2.59. The van der Waals surface area contributed by atoms with E-state index in [0.29, 0.717) is 6.54 Å². The Bertz CT molecular complexity index is 212. The van der Waals surface area contributed by atoms with Crippen LogP contribution >= 0.6 is 23.7 Å². The minimum atomic E-state index is 0. The maximum Gasteiger partial charge on any atom is 0.0514 e. The van der Waals surface area contributed by atoms with Crippen molar-refractivity contribution in [2.45, 2.75) is 13.0 Å². The fraction of sp³-hybridized carbons (Fsp3) is 0.429. The SMILES string of the molecule is Cc1ccc([C@@H](N)CN)s1.Cl. The zero-order valence-electron chi connectivity index (χ0n) is 6.41. The van der Waals surface area contributed by atoms with Crippen molar-refractivity contribution in [3.8, 4) is 0 Å². The van der Waals surface area contributed by atoms with Gasteiger partial charge in [-0.25, -0.2) is 0 Å². The summed E-state index contributed by atoms with van der Waals surface area (Å²) in [4.78, 5) is 2.47. The number of thiophene rings is 1. The zero-order chi connectivity index (χ0) is 7.56. The highest BCUT2D eigenvalue weighted by atomic mass is 35.5. The van der Waals surface area contributed by atoms with E-state index in [1.54, 1.807) is 11.3 Å². The van der Waals surface area contributed by atoms with Crippen molar-refractivity contribution in [3.63, 3.8) is 0 Å². The minimum Gasteiger partial charge on any atom is -0.329 e. The maximum absolute atomic E-state index is 5.69. The van der Waals surface area contributed by atoms with Crippen molar-refractivity contribution in [1.82, 2.24) is 0 Å². The van der Waals surface area contributed by atoms with E-state index in [1.165, 1.54) is 9.75 Å². The van der Waals surface area contributed by atoms with Crippen LogP contribution in [0, 0.1) is 6.92 Å². The van der Waals surface area contributed by atoms with Crippen LogP contribution in [0.2, 0.25) is 0 Å². The van der Waals surface area contributed by atoms with Crippen molar-refractivity contribution in [2.24, 2.45) is 11.5 Å². The summed E-state index contributed by atoms with van der Waals surface area (Å²) in [5.41, 5.74) is 11.1. The lowest BCUT2D eigenvalue weighted by Gasteiger charge is -2.03. The molecule has 0 unspecified atom stereocenters. The van der Waals surface area contributed by atoms with Gasteiger partial charge in [0.15, 0.2) is 0 Å². The molecule has 0 saturated carbocycles. The van der Waals surface area contributed by atoms with Crippen molar-refractivity contribution in [2.75, 3.05) is 6.54 Å². The Morgan fingerprint density at radius 2 is 2.18 bits per heavy atom. The number of halogens is 1. The van der Waals surface area contributed by atoms with Gasteiger partial charge in [0.1, 0.15) is 0 Å². The van der Waals surface area contributed by atoms with Crippen LogP contribution in [0.1, 0.15) is 15.8 Å². The molecule has 0 spiro atoms. The first-order valence-electron chi connectivity index (χ1n) is 3.26. The van der Waals surface area contributed by atoms with Gasteiger partial charge in [-0.3, -0.25) is 0 Å². The van der Waals surface area contributed by atoms with E-state index in [4.69, 9.17) is 11.5 Å². The van der Waals surface area contributed by atoms with Gasteiger partial charge >= 0.3 is 0 Å². The van der Waals surface area contributed by atoms with E-state index >= 15 is 0 Å². The Labute approximate surface area is 77.0 Å². The molecular weight excluding hydrogens is 180 g/mol. The number of hydrogen-bond acceptors (Lipinski definition) is 3. The summed E-state index contributed by atoms with van der Waals surface area (Å²) in [6, 6.07) is 4.13. The first-order valence-corrected chi connectivity index (χ1v) is 4.07. The van der Waals surface area contributed by atoms with Crippen LogP contribution in [0.15, 0.2) is 12.1 Å². The molecule has 1 aromatic rings. The first-order chi connectivity index (χ1) is 4.74. The normalized spacial score (nSPS) is 12.3. The largest absolute Gasteiger partial charge is 0.329 e. The highest BCUT2D eigenvalue weighted by Crippen LogP contribution is 2.19. The van der Waals surface area contributed by atoms with Gasteiger partial charge in [0.2, 0.25) is 0 Å². The summed E-state index contributed by atoms with van der Waals surface area (Å²) in [5.74, 6) is 0. The molecule has 11 heavy (non-hydrogen) atoms. The Morgan fingerprint density at radius 3 is 2.55 bits per heavy atom. The van der Waals surface area contributed by atoms with Gasteiger partial charge in [-0.05, 0) is 19.1 Å². The molecule has 1 rings (SSSR count). The van der Waals surface area contributed by atoms with Crippen LogP contribution in [0.25, 0.3) is 0 Å². The van der Waals surface area contributed by atoms with Gasteiger partial charge in [0.25, 0.3) is 0 Å². The second kappa shape index (κ2) is 4.72. The van der Waals surface area contributed by atoms with Gasteiger partial charge in [-0.1, -0.05) is 0 Å². The molecule has 0 aliphatic heterocycles. The third-order valence-electron chi connectivity index (χ3n) is 1.38. The van der Waals surface area contributed by atoms with E-state index < -0.39 is 0 Å². The molecule has 0 aliphatic carbocycles. The van der Waals surface area contributed by atoms with Crippen LogP contribution in [0.4, 0.5) is 0 Å². The Balaban J connectivity index is 0.000001000. The number of aryl methyl sites for hydroxylation is 1. The molecule has 4 N–H and O–H groups in total. The highest BCUT2D eigenvalue weighted by Gasteiger charge is 2.04. The Kier molecular flexibility index (Phi) is 4.68. The zero-order valence-corrected chi connectivity index (χ0v) is 8.04. The second-order valence-corrected chi connectivity index (χ2v) is 3.61. The predicted octanol–water partition coefficient (Wildman–Crippen LogP) is 1.44. The second-order valence-electron chi connectivity index (χ2n) is 2.29. The summed E-state index contributed by atoms with van der Waals surface area (Å²) in [5, 5.41) is 0. The van der Waals surface area contributed by atoms with Gasteiger partial charge in [0.05, 0.1) is 6.04 Å². The summed E-state index contributed by atoms with van der Waals surface area (Å²) < 4.78 is 0. The van der Waals surface area contributed by atoms with Gasteiger partial charge < -0.3 is 11.5 Å². The molecule has 0 fully saturated rings. The molecule has 0 saturated heterocycles. The van der Waals surface area contributed by atoms with E-state index in [0.717, 1.165) is 0 Å². The average molecular weight is 193 g/mol. The van der Waals surface area contributed by atoms with E-state index in [2.05, 4.69) is 13.0 Å². The lowest BCUT2D eigenvalue weighted by molar-refractivity contribution is 0.752. The van der Waals surface area contributed by atoms with E-state index in [-0.39, 0.29) is 18.4 Å².